The minimum Gasteiger partial charge on any atom is -0.346 e. The highest BCUT2D eigenvalue weighted by molar-refractivity contribution is 5.91. The Bertz CT molecular complexity index is 804. The van der Waals surface area contributed by atoms with Gasteiger partial charge in [0.2, 0.25) is 5.91 Å². The van der Waals surface area contributed by atoms with Gasteiger partial charge in [-0.05, 0) is 24.6 Å². The van der Waals surface area contributed by atoms with Crippen LogP contribution in [0.3, 0.4) is 0 Å². The maximum atomic E-state index is 12.0. The molecule has 120 valence electrons. The first-order valence-electron chi connectivity index (χ1n) is 7.64. The molecule has 6 heteroatoms. The number of likely N-dealkylation sites (N-methyl/N-ethyl adjacent to an activating group) is 1. The molecule has 0 saturated carbocycles. The molecule has 0 fully saturated rings. The number of aromatic nitrogens is 3. The average molecular weight is 311 g/mol. The van der Waals surface area contributed by atoms with Crippen molar-refractivity contribution < 1.29 is 4.79 Å². The molecule has 0 unspecified atom stereocenters. The molecule has 3 aromatic rings. The molecular formula is C17H21N5O. The van der Waals surface area contributed by atoms with Gasteiger partial charge in [0.1, 0.15) is 0 Å². The molecule has 1 N–H and O–H groups in total. The Hall–Kier alpha value is -2.60. The number of hydrogen-bond donors (Lipinski definition) is 1. The van der Waals surface area contributed by atoms with Gasteiger partial charge in [-0.1, -0.05) is 18.2 Å². The highest BCUT2D eigenvalue weighted by atomic mass is 16.2. The zero-order valence-electron chi connectivity index (χ0n) is 13.4. The second-order valence-electron chi connectivity index (χ2n) is 5.73. The number of para-hydroxylation sites is 1. The number of benzene rings is 1. The Morgan fingerprint density at radius 3 is 2.83 bits per heavy atom. The summed E-state index contributed by atoms with van der Waals surface area (Å²) in [5.41, 5.74) is 1.22. The van der Waals surface area contributed by atoms with Crippen LogP contribution in [-0.4, -0.2) is 45.3 Å². The lowest BCUT2D eigenvalue weighted by atomic mass is 10.2. The van der Waals surface area contributed by atoms with Crippen molar-refractivity contribution in [3.8, 4) is 0 Å². The first-order chi connectivity index (χ1) is 11.1. The van der Waals surface area contributed by atoms with Crippen LogP contribution in [0.1, 0.15) is 0 Å². The van der Waals surface area contributed by atoms with Gasteiger partial charge >= 0.3 is 0 Å². The molecule has 0 atom stereocenters. The predicted molar refractivity (Wildman–Crippen MR) is 91.3 cm³/mol. The highest BCUT2D eigenvalue weighted by Crippen LogP contribution is 2.14. The molecule has 0 aliphatic rings. The Balaban J connectivity index is 1.51. The molecule has 2 aromatic heterocycles. The van der Waals surface area contributed by atoms with E-state index in [9.17, 15) is 4.79 Å². The molecule has 6 nitrogen and oxygen atoms in total. The molecule has 0 spiro atoms. The highest BCUT2D eigenvalue weighted by Gasteiger charge is 2.09. The molecule has 0 bridgehead atoms. The first-order valence-corrected chi connectivity index (χ1v) is 7.64. The summed E-state index contributed by atoms with van der Waals surface area (Å²) in [4.78, 5) is 14.0. The van der Waals surface area contributed by atoms with Crippen molar-refractivity contribution >= 4 is 22.6 Å². The topological polar surface area (TPSA) is 55.1 Å². The van der Waals surface area contributed by atoms with Gasteiger partial charge in [-0.2, -0.15) is 5.10 Å². The van der Waals surface area contributed by atoms with Crippen molar-refractivity contribution in [2.75, 3.05) is 25.5 Å². The lowest BCUT2D eigenvalue weighted by Crippen LogP contribution is -2.32. The molecule has 0 saturated heterocycles. The minimum absolute atomic E-state index is 0.0523. The summed E-state index contributed by atoms with van der Waals surface area (Å²) in [6.07, 6.45) is 3.89. The maximum absolute atomic E-state index is 12.0. The van der Waals surface area contributed by atoms with Gasteiger partial charge in [0.25, 0.3) is 0 Å². The van der Waals surface area contributed by atoms with Crippen molar-refractivity contribution in [3.05, 3.63) is 48.8 Å². The van der Waals surface area contributed by atoms with Crippen LogP contribution in [0.25, 0.3) is 10.9 Å². The molecule has 0 aliphatic carbocycles. The second-order valence-corrected chi connectivity index (χ2v) is 5.73. The van der Waals surface area contributed by atoms with Crippen LogP contribution in [0.5, 0.6) is 0 Å². The van der Waals surface area contributed by atoms with E-state index in [-0.39, 0.29) is 5.91 Å². The van der Waals surface area contributed by atoms with Crippen LogP contribution in [0.4, 0.5) is 5.82 Å². The van der Waals surface area contributed by atoms with Crippen molar-refractivity contribution in [1.29, 1.82) is 0 Å². The van der Waals surface area contributed by atoms with E-state index in [1.54, 1.807) is 16.9 Å². The number of nitrogens with one attached hydrogen (secondary N) is 1. The zero-order chi connectivity index (χ0) is 16.2. The van der Waals surface area contributed by atoms with Crippen molar-refractivity contribution in [3.63, 3.8) is 0 Å². The molecule has 0 aliphatic heterocycles. The van der Waals surface area contributed by atoms with E-state index in [1.807, 2.05) is 31.1 Å². The van der Waals surface area contributed by atoms with Gasteiger partial charge in [-0.25, -0.2) is 0 Å². The Kier molecular flexibility index (Phi) is 4.43. The smallest absolute Gasteiger partial charge is 0.239 e. The zero-order valence-corrected chi connectivity index (χ0v) is 13.4. The molecule has 1 amide bonds. The number of aryl methyl sites for hydroxylation is 1. The summed E-state index contributed by atoms with van der Waals surface area (Å²) in [7, 11) is 3.77. The molecular weight excluding hydrogens is 290 g/mol. The number of carbonyl (C=O) groups is 1. The molecule has 23 heavy (non-hydrogen) atoms. The van der Waals surface area contributed by atoms with Crippen LogP contribution in [0.2, 0.25) is 0 Å². The van der Waals surface area contributed by atoms with Crippen LogP contribution < -0.4 is 5.32 Å². The molecule has 1 aromatic carbocycles. The van der Waals surface area contributed by atoms with Gasteiger partial charge < -0.3 is 9.88 Å². The maximum Gasteiger partial charge on any atom is 0.239 e. The number of anilines is 1. The summed E-state index contributed by atoms with van der Waals surface area (Å²) in [6, 6.07) is 12.2. The monoisotopic (exact) mass is 311 g/mol. The van der Waals surface area contributed by atoms with Crippen LogP contribution in [0, 0.1) is 0 Å². The first kappa shape index (κ1) is 15.3. The third kappa shape index (κ3) is 3.78. The predicted octanol–water partition coefficient (Wildman–Crippen LogP) is 1.95. The number of nitrogens with zero attached hydrogens (tertiary/aromatic N) is 4. The number of fused-ring (bicyclic) bond motifs is 1. The number of hydrogen-bond acceptors (Lipinski definition) is 3. The fraction of sp³-hybridized carbons (Fsp3) is 0.294. The summed E-state index contributed by atoms with van der Waals surface area (Å²) >= 11 is 0. The fourth-order valence-electron chi connectivity index (χ4n) is 2.60. The van der Waals surface area contributed by atoms with Crippen LogP contribution in [-0.2, 0) is 18.4 Å². The molecule has 2 heterocycles. The summed E-state index contributed by atoms with van der Waals surface area (Å²) in [5.74, 6) is 0.533. The van der Waals surface area contributed by atoms with Gasteiger partial charge in [0, 0.05) is 44.1 Å². The minimum atomic E-state index is -0.0523. The Labute approximate surface area is 135 Å². The van der Waals surface area contributed by atoms with Crippen molar-refractivity contribution in [1.82, 2.24) is 19.2 Å². The van der Waals surface area contributed by atoms with Crippen molar-refractivity contribution in [2.24, 2.45) is 7.05 Å². The third-order valence-electron chi connectivity index (χ3n) is 3.80. The molecule has 0 radical (unpaired) electrons. The van der Waals surface area contributed by atoms with E-state index >= 15 is 0 Å². The SMILES string of the molecule is CN(CCn1ccc2ccccc21)CC(=O)Nc1ccn(C)n1. The van der Waals surface area contributed by atoms with Gasteiger partial charge in [-0.15, -0.1) is 0 Å². The van der Waals surface area contributed by atoms with E-state index in [0.717, 1.165) is 13.1 Å². The van der Waals surface area contributed by atoms with E-state index < -0.39 is 0 Å². The standard InChI is InChI=1S/C17H21N5O/c1-20(13-17(23)18-16-8-9-21(2)19-16)11-12-22-10-7-14-5-3-4-6-15(14)22/h3-10H,11-13H2,1-2H3,(H,18,19,23). The number of rotatable bonds is 6. The Morgan fingerprint density at radius 1 is 1.22 bits per heavy atom. The van der Waals surface area contributed by atoms with E-state index in [0.29, 0.717) is 12.4 Å². The largest absolute Gasteiger partial charge is 0.346 e. The van der Waals surface area contributed by atoms with Crippen molar-refractivity contribution in [2.45, 2.75) is 6.54 Å². The van der Waals surface area contributed by atoms with Crippen LogP contribution >= 0.6 is 0 Å². The lowest BCUT2D eigenvalue weighted by Gasteiger charge is -2.16. The second kappa shape index (κ2) is 6.66. The summed E-state index contributed by atoms with van der Waals surface area (Å²) < 4.78 is 3.87. The normalized spacial score (nSPS) is 11.3. The van der Waals surface area contributed by atoms with E-state index in [1.165, 1.54) is 10.9 Å². The van der Waals surface area contributed by atoms with E-state index in [4.69, 9.17) is 0 Å². The number of amides is 1. The van der Waals surface area contributed by atoms with Crippen LogP contribution in [0.15, 0.2) is 48.8 Å². The lowest BCUT2D eigenvalue weighted by molar-refractivity contribution is -0.117. The quantitative estimate of drug-likeness (QED) is 0.757. The average Bonchev–Trinajstić information content (AvgIpc) is 3.11. The van der Waals surface area contributed by atoms with Gasteiger partial charge in [0.05, 0.1) is 6.54 Å². The summed E-state index contributed by atoms with van der Waals surface area (Å²) in [5, 5.41) is 8.18. The fourth-order valence-corrected chi connectivity index (χ4v) is 2.60. The van der Waals surface area contributed by atoms with Gasteiger partial charge in [0.15, 0.2) is 5.82 Å². The summed E-state index contributed by atoms with van der Waals surface area (Å²) in [6.45, 7) is 1.99. The Morgan fingerprint density at radius 2 is 2.04 bits per heavy atom. The van der Waals surface area contributed by atoms with Gasteiger partial charge in [-0.3, -0.25) is 14.4 Å². The third-order valence-corrected chi connectivity index (χ3v) is 3.80. The van der Waals surface area contributed by atoms with E-state index in [2.05, 4.69) is 39.4 Å². The molecule has 3 rings (SSSR count). The number of carbonyl (C=O) groups excluding carboxylic acids is 1.